The van der Waals surface area contributed by atoms with Crippen LogP contribution in [0.2, 0.25) is 0 Å². The van der Waals surface area contributed by atoms with Gasteiger partial charge >= 0.3 is 5.97 Å². The summed E-state index contributed by atoms with van der Waals surface area (Å²) in [5, 5.41) is 0. The molecule has 4 unspecified atom stereocenters. The minimum atomic E-state index is -1.09. The van der Waals surface area contributed by atoms with Gasteiger partial charge in [-0.2, -0.15) is 0 Å². The van der Waals surface area contributed by atoms with Gasteiger partial charge in [-0.25, -0.2) is 0 Å². The number of ketones is 1. The van der Waals surface area contributed by atoms with E-state index in [0.717, 1.165) is 19.3 Å². The first-order valence-electron chi connectivity index (χ1n) is 8.76. The lowest BCUT2D eigenvalue weighted by atomic mass is 9.79. The molecule has 2 aliphatic rings. The molecule has 0 spiro atoms. The molecule has 0 aromatic rings. The number of fused-ring (bicyclic) bond motifs is 2. The first-order valence-corrected chi connectivity index (χ1v) is 8.76. The molecule has 2 heterocycles. The monoisotopic (exact) mass is 342 g/mol. The molecule has 2 rings (SSSR count). The summed E-state index contributed by atoms with van der Waals surface area (Å²) in [4.78, 5) is 24.1. The third-order valence-electron chi connectivity index (χ3n) is 5.67. The summed E-state index contributed by atoms with van der Waals surface area (Å²) in [5.41, 5.74) is -1.50. The van der Waals surface area contributed by atoms with Crippen LogP contribution in [0, 0.1) is 5.41 Å². The van der Waals surface area contributed by atoms with E-state index < -0.39 is 22.8 Å². The maximum atomic E-state index is 12.2. The summed E-state index contributed by atoms with van der Waals surface area (Å²) < 4.78 is 22.7. The van der Waals surface area contributed by atoms with E-state index in [1.165, 1.54) is 6.92 Å². The molecule has 2 saturated heterocycles. The quantitative estimate of drug-likeness (QED) is 0.499. The van der Waals surface area contributed by atoms with E-state index in [2.05, 4.69) is 0 Å². The van der Waals surface area contributed by atoms with Crippen molar-refractivity contribution in [3.05, 3.63) is 0 Å². The molecule has 2 bridgehead atoms. The topological polar surface area (TPSA) is 71.1 Å². The Hall–Kier alpha value is -0.980. The zero-order valence-corrected chi connectivity index (χ0v) is 15.5. The van der Waals surface area contributed by atoms with Gasteiger partial charge in [-0.3, -0.25) is 9.59 Å². The molecule has 0 aromatic carbocycles. The van der Waals surface area contributed by atoms with Crippen molar-refractivity contribution in [2.75, 3.05) is 20.3 Å². The van der Waals surface area contributed by atoms with Gasteiger partial charge < -0.3 is 18.9 Å². The van der Waals surface area contributed by atoms with Crippen LogP contribution in [0.1, 0.15) is 59.8 Å². The highest BCUT2D eigenvalue weighted by atomic mass is 16.7. The zero-order valence-electron chi connectivity index (χ0n) is 15.5. The fourth-order valence-corrected chi connectivity index (χ4v) is 3.58. The van der Waals surface area contributed by atoms with Gasteiger partial charge in [0.2, 0.25) is 0 Å². The molecule has 0 saturated carbocycles. The van der Waals surface area contributed by atoms with Crippen molar-refractivity contribution in [1.82, 2.24) is 0 Å². The summed E-state index contributed by atoms with van der Waals surface area (Å²) >= 11 is 0. The van der Waals surface area contributed by atoms with E-state index in [-0.39, 0.29) is 18.5 Å². The molecule has 24 heavy (non-hydrogen) atoms. The van der Waals surface area contributed by atoms with Crippen molar-refractivity contribution in [2.45, 2.75) is 77.3 Å². The number of rotatable bonds is 8. The second-order valence-corrected chi connectivity index (χ2v) is 7.32. The molecular formula is C18H30O6. The van der Waals surface area contributed by atoms with E-state index >= 15 is 0 Å². The average molecular weight is 342 g/mol. The Bertz CT molecular complexity index is 492. The van der Waals surface area contributed by atoms with Crippen LogP contribution in [-0.4, -0.2) is 49.6 Å². The van der Waals surface area contributed by atoms with Crippen molar-refractivity contribution in [1.29, 1.82) is 0 Å². The third-order valence-corrected chi connectivity index (χ3v) is 5.67. The number of Topliss-reactive ketones (excluding diaryl/α,β-unsaturated/α-hetero) is 1. The Morgan fingerprint density at radius 1 is 1.38 bits per heavy atom. The van der Waals surface area contributed by atoms with Gasteiger partial charge in [0.1, 0.15) is 17.8 Å². The Balaban J connectivity index is 1.95. The molecule has 6 nitrogen and oxygen atoms in total. The summed E-state index contributed by atoms with van der Waals surface area (Å²) in [7, 11) is 1.64. The Kier molecular flexibility index (Phi) is 5.72. The molecule has 2 aliphatic heterocycles. The number of carbonyl (C=O) groups excluding carboxylic acids is 2. The minimum Gasteiger partial charge on any atom is -0.465 e. The highest BCUT2D eigenvalue weighted by Crippen LogP contribution is 2.45. The molecule has 0 N–H and O–H groups in total. The van der Waals surface area contributed by atoms with Crippen LogP contribution in [0.4, 0.5) is 0 Å². The van der Waals surface area contributed by atoms with E-state index in [1.54, 1.807) is 21.0 Å². The molecule has 0 aromatic heterocycles. The number of esters is 1. The number of hydrogen-bond donors (Lipinski definition) is 0. The number of ether oxygens (including phenoxy) is 4. The van der Waals surface area contributed by atoms with Crippen molar-refractivity contribution < 1.29 is 28.5 Å². The third kappa shape index (κ3) is 3.51. The molecule has 6 heteroatoms. The smallest absolute Gasteiger partial charge is 0.319 e. The number of methoxy groups -OCH3 is 1. The van der Waals surface area contributed by atoms with Crippen LogP contribution in [0.3, 0.4) is 0 Å². The summed E-state index contributed by atoms with van der Waals surface area (Å²) in [6, 6.07) is 0. The fourth-order valence-electron chi connectivity index (χ4n) is 3.58. The maximum absolute atomic E-state index is 12.2. The highest BCUT2D eigenvalue weighted by molar-refractivity contribution is 6.02. The van der Waals surface area contributed by atoms with E-state index in [9.17, 15) is 9.59 Å². The predicted molar refractivity (Wildman–Crippen MR) is 87.5 cm³/mol. The van der Waals surface area contributed by atoms with Crippen molar-refractivity contribution in [3.8, 4) is 0 Å². The van der Waals surface area contributed by atoms with Gasteiger partial charge in [0.05, 0.1) is 18.3 Å². The summed E-state index contributed by atoms with van der Waals surface area (Å²) in [5.74, 6) is -1.20. The molecule has 138 valence electrons. The molecule has 4 atom stereocenters. The maximum Gasteiger partial charge on any atom is 0.319 e. The van der Waals surface area contributed by atoms with Crippen LogP contribution in [-0.2, 0) is 28.5 Å². The lowest BCUT2D eigenvalue weighted by molar-refractivity contribution is -0.320. The lowest BCUT2D eigenvalue weighted by Gasteiger charge is -2.43. The summed E-state index contributed by atoms with van der Waals surface area (Å²) in [6.07, 6.45) is 3.56. The fraction of sp³-hybridized carbons (Fsp3) is 0.889. The van der Waals surface area contributed by atoms with Gasteiger partial charge in [0.25, 0.3) is 0 Å². The van der Waals surface area contributed by atoms with Crippen LogP contribution in [0.15, 0.2) is 0 Å². The van der Waals surface area contributed by atoms with Gasteiger partial charge in [-0.1, -0.05) is 0 Å². The van der Waals surface area contributed by atoms with Gasteiger partial charge in [-0.15, -0.1) is 0 Å². The lowest BCUT2D eigenvalue weighted by Crippen LogP contribution is -2.53. The highest BCUT2D eigenvalue weighted by Gasteiger charge is 2.54. The van der Waals surface area contributed by atoms with Gasteiger partial charge in [0, 0.05) is 13.5 Å². The van der Waals surface area contributed by atoms with Crippen molar-refractivity contribution in [3.63, 3.8) is 0 Å². The largest absolute Gasteiger partial charge is 0.465 e. The van der Waals surface area contributed by atoms with Crippen LogP contribution in [0.5, 0.6) is 0 Å². The Morgan fingerprint density at radius 2 is 2.08 bits per heavy atom. The van der Waals surface area contributed by atoms with Crippen molar-refractivity contribution in [2.24, 2.45) is 5.41 Å². The van der Waals surface area contributed by atoms with Gasteiger partial charge in [0.15, 0.2) is 5.79 Å². The Morgan fingerprint density at radius 3 is 2.67 bits per heavy atom. The Labute approximate surface area is 144 Å². The molecule has 0 radical (unpaired) electrons. The average Bonchev–Trinajstić information content (AvgIpc) is 2.93. The standard InChI is InChI=1S/C18H30O6/c1-6-22-15(20)16(3,13(2)19)9-7-10-17(4)14-8-11-18(21-5,24-14)12-23-17/h14H,6-12H2,1-5H3. The molecular weight excluding hydrogens is 312 g/mol. The number of hydrogen-bond acceptors (Lipinski definition) is 6. The minimum absolute atomic E-state index is 0.0163. The predicted octanol–water partition coefficient (Wildman–Crippen LogP) is 2.63. The van der Waals surface area contributed by atoms with Crippen LogP contribution in [0.25, 0.3) is 0 Å². The second kappa shape index (κ2) is 7.10. The normalized spacial score (nSPS) is 34.6. The molecule has 0 amide bonds. The van der Waals surface area contributed by atoms with Gasteiger partial charge in [-0.05, 0) is 53.4 Å². The first kappa shape index (κ1) is 19.3. The SMILES string of the molecule is CCOC(=O)C(C)(CCCC1(C)OCC2(OC)CCC1O2)C(C)=O. The van der Waals surface area contributed by atoms with E-state index in [1.807, 2.05) is 6.92 Å². The summed E-state index contributed by atoms with van der Waals surface area (Å²) in [6.45, 7) is 7.59. The van der Waals surface area contributed by atoms with Crippen LogP contribution < -0.4 is 0 Å². The molecule has 0 aliphatic carbocycles. The van der Waals surface area contributed by atoms with Crippen LogP contribution >= 0.6 is 0 Å². The van der Waals surface area contributed by atoms with E-state index in [4.69, 9.17) is 18.9 Å². The molecule has 2 fully saturated rings. The first-order chi connectivity index (χ1) is 11.2. The second-order valence-electron chi connectivity index (χ2n) is 7.32. The number of carbonyl (C=O) groups is 2. The van der Waals surface area contributed by atoms with Crippen molar-refractivity contribution >= 4 is 11.8 Å². The van der Waals surface area contributed by atoms with E-state index in [0.29, 0.717) is 19.4 Å². The zero-order chi connectivity index (χ0) is 18.0.